The predicted octanol–water partition coefficient (Wildman–Crippen LogP) is 0.564. The van der Waals surface area contributed by atoms with Gasteiger partial charge < -0.3 is 5.73 Å². The van der Waals surface area contributed by atoms with Gasteiger partial charge in [0.2, 0.25) is 0 Å². The fourth-order valence-electron chi connectivity index (χ4n) is 2.06. The van der Waals surface area contributed by atoms with Crippen molar-refractivity contribution in [2.75, 3.05) is 0 Å². The Kier molecular flexibility index (Phi) is 2.03. The zero-order chi connectivity index (χ0) is 9.31. The highest BCUT2D eigenvalue weighted by Crippen LogP contribution is 2.37. The number of aromatic nitrogens is 4. The van der Waals surface area contributed by atoms with Crippen molar-refractivity contribution >= 4 is 0 Å². The van der Waals surface area contributed by atoms with Crippen molar-refractivity contribution in [1.82, 2.24) is 20.6 Å². The van der Waals surface area contributed by atoms with Gasteiger partial charge in [-0.15, -0.1) is 10.2 Å². The van der Waals surface area contributed by atoms with Gasteiger partial charge in [-0.1, -0.05) is 25.0 Å². The van der Waals surface area contributed by atoms with E-state index >= 15 is 0 Å². The molecule has 0 radical (unpaired) electrons. The third kappa shape index (κ3) is 1.33. The third-order valence-corrected chi connectivity index (χ3v) is 3.12. The van der Waals surface area contributed by atoms with Crippen LogP contribution in [0.4, 0.5) is 0 Å². The average molecular weight is 181 g/mol. The molecule has 0 amide bonds. The molecule has 5 heteroatoms. The summed E-state index contributed by atoms with van der Waals surface area (Å²) in [5.41, 5.74) is 5.93. The standard InChI is InChI=1S/C8H15N5/c1-6-4-2-3-5-8(6,9)7-10-12-13-11-7/h6H,2-5,9H2,1H3,(H,10,11,12,13). The Morgan fingerprint density at radius 1 is 1.54 bits per heavy atom. The first kappa shape index (κ1) is 8.62. The third-order valence-electron chi connectivity index (χ3n) is 3.12. The Morgan fingerprint density at radius 2 is 2.38 bits per heavy atom. The van der Waals surface area contributed by atoms with E-state index in [4.69, 9.17) is 5.73 Å². The van der Waals surface area contributed by atoms with E-state index in [0.29, 0.717) is 11.7 Å². The van der Waals surface area contributed by atoms with E-state index in [0.717, 1.165) is 19.3 Å². The van der Waals surface area contributed by atoms with Crippen LogP contribution < -0.4 is 5.73 Å². The second-order valence-electron chi connectivity index (χ2n) is 3.92. The van der Waals surface area contributed by atoms with Crippen LogP contribution in [0.5, 0.6) is 0 Å². The van der Waals surface area contributed by atoms with Crippen molar-refractivity contribution in [3.8, 4) is 0 Å². The van der Waals surface area contributed by atoms with E-state index < -0.39 is 0 Å². The van der Waals surface area contributed by atoms with Gasteiger partial charge in [-0.2, -0.15) is 5.21 Å². The normalized spacial score (nSPS) is 34.8. The first-order chi connectivity index (χ1) is 6.23. The molecule has 72 valence electrons. The number of nitrogens with two attached hydrogens (primary N) is 1. The molecule has 5 nitrogen and oxygen atoms in total. The lowest BCUT2D eigenvalue weighted by atomic mass is 9.74. The van der Waals surface area contributed by atoms with E-state index in [1.807, 2.05) is 0 Å². The van der Waals surface area contributed by atoms with Crippen molar-refractivity contribution in [3.63, 3.8) is 0 Å². The van der Waals surface area contributed by atoms with Crippen LogP contribution in [0.3, 0.4) is 0 Å². The second-order valence-corrected chi connectivity index (χ2v) is 3.92. The summed E-state index contributed by atoms with van der Waals surface area (Å²) in [6.45, 7) is 2.16. The Labute approximate surface area is 77.1 Å². The molecule has 1 aliphatic carbocycles. The molecule has 0 aromatic carbocycles. The summed E-state index contributed by atoms with van der Waals surface area (Å²) in [6.07, 6.45) is 4.55. The van der Waals surface area contributed by atoms with Crippen molar-refractivity contribution in [2.45, 2.75) is 38.1 Å². The number of aromatic amines is 1. The zero-order valence-electron chi connectivity index (χ0n) is 7.82. The molecule has 1 fully saturated rings. The van der Waals surface area contributed by atoms with Gasteiger partial charge in [-0.25, -0.2) is 0 Å². The summed E-state index contributed by atoms with van der Waals surface area (Å²) in [4.78, 5) is 0. The highest BCUT2D eigenvalue weighted by Gasteiger charge is 2.39. The molecule has 1 heterocycles. The first-order valence-corrected chi connectivity index (χ1v) is 4.76. The van der Waals surface area contributed by atoms with E-state index in [-0.39, 0.29) is 5.54 Å². The lowest BCUT2D eigenvalue weighted by Gasteiger charge is -2.36. The van der Waals surface area contributed by atoms with Gasteiger partial charge in [-0.05, 0) is 18.8 Å². The average Bonchev–Trinajstić information content (AvgIpc) is 2.63. The highest BCUT2D eigenvalue weighted by molar-refractivity contribution is 5.05. The minimum Gasteiger partial charge on any atom is -0.318 e. The number of rotatable bonds is 1. The van der Waals surface area contributed by atoms with Gasteiger partial charge in [0.05, 0.1) is 5.54 Å². The number of tetrazole rings is 1. The molecule has 13 heavy (non-hydrogen) atoms. The number of hydrogen-bond donors (Lipinski definition) is 2. The van der Waals surface area contributed by atoms with Crippen molar-refractivity contribution in [3.05, 3.63) is 5.82 Å². The molecule has 1 aliphatic rings. The topological polar surface area (TPSA) is 80.5 Å². The van der Waals surface area contributed by atoms with Gasteiger partial charge in [0.1, 0.15) is 0 Å². The lowest BCUT2D eigenvalue weighted by molar-refractivity contribution is 0.195. The summed E-state index contributed by atoms with van der Waals surface area (Å²) in [6, 6.07) is 0. The fourth-order valence-corrected chi connectivity index (χ4v) is 2.06. The monoisotopic (exact) mass is 181 g/mol. The molecule has 0 aliphatic heterocycles. The molecule has 2 atom stereocenters. The van der Waals surface area contributed by atoms with Crippen LogP contribution in [0.2, 0.25) is 0 Å². The van der Waals surface area contributed by atoms with Gasteiger partial charge in [0, 0.05) is 0 Å². The minimum absolute atomic E-state index is 0.356. The van der Waals surface area contributed by atoms with E-state index in [2.05, 4.69) is 27.5 Å². The molecule has 1 saturated carbocycles. The number of H-pyrrole nitrogens is 1. The van der Waals surface area contributed by atoms with Crippen molar-refractivity contribution < 1.29 is 0 Å². The minimum atomic E-state index is -0.356. The molecular formula is C8H15N5. The van der Waals surface area contributed by atoms with Crippen LogP contribution in [-0.2, 0) is 5.54 Å². The summed E-state index contributed by atoms with van der Waals surface area (Å²) >= 11 is 0. The number of hydrogen-bond acceptors (Lipinski definition) is 4. The molecule has 2 unspecified atom stereocenters. The Morgan fingerprint density at radius 3 is 3.00 bits per heavy atom. The number of nitrogens with zero attached hydrogens (tertiary/aromatic N) is 3. The van der Waals surface area contributed by atoms with Gasteiger partial charge in [0.25, 0.3) is 0 Å². The Bertz CT molecular complexity index is 270. The fraction of sp³-hybridized carbons (Fsp3) is 0.875. The van der Waals surface area contributed by atoms with E-state index in [9.17, 15) is 0 Å². The molecule has 0 spiro atoms. The summed E-state index contributed by atoms with van der Waals surface area (Å²) in [5, 5.41) is 14.0. The SMILES string of the molecule is CC1CCCCC1(N)c1nn[nH]n1. The number of nitrogens with one attached hydrogen (secondary N) is 1. The van der Waals surface area contributed by atoms with Gasteiger partial charge >= 0.3 is 0 Å². The Balaban J connectivity index is 2.27. The second kappa shape index (κ2) is 3.06. The smallest absolute Gasteiger partial charge is 0.194 e. The summed E-state index contributed by atoms with van der Waals surface area (Å²) in [7, 11) is 0. The van der Waals surface area contributed by atoms with Gasteiger partial charge in [0.15, 0.2) is 5.82 Å². The zero-order valence-corrected chi connectivity index (χ0v) is 7.82. The lowest BCUT2D eigenvalue weighted by Crippen LogP contribution is -2.46. The van der Waals surface area contributed by atoms with Crippen molar-refractivity contribution in [2.24, 2.45) is 11.7 Å². The molecule has 1 aromatic rings. The maximum atomic E-state index is 6.28. The quantitative estimate of drug-likeness (QED) is 0.663. The predicted molar refractivity (Wildman–Crippen MR) is 47.7 cm³/mol. The maximum Gasteiger partial charge on any atom is 0.194 e. The molecule has 2 rings (SSSR count). The van der Waals surface area contributed by atoms with Gasteiger partial charge in [-0.3, -0.25) is 0 Å². The summed E-state index contributed by atoms with van der Waals surface area (Å²) in [5.74, 6) is 1.11. The summed E-state index contributed by atoms with van der Waals surface area (Å²) < 4.78 is 0. The molecule has 3 N–H and O–H groups in total. The van der Waals surface area contributed by atoms with E-state index in [1.54, 1.807) is 0 Å². The molecular weight excluding hydrogens is 166 g/mol. The van der Waals surface area contributed by atoms with Crippen LogP contribution in [0.25, 0.3) is 0 Å². The highest BCUT2D eigenvalue weighted by atomic mass is 15.5. The van der Waals surface area contributed by atoms with Crippen LogP contribution in [-0.4, -0.2) is 20.6 Å². The van der Waals surface area contributed by atoms with Crippen molar-refractivity contribution in [1.29, 1.82) is 0 Å². The Hall–Kier alpha value is -0.970. The van der Waals surface area contributed by atoms with Crippen LogP contribution in [0.15, 0.2) is 0 Å². The van der Waals surface area contributed by atoms with Crippen LogP contribution >= 0.6 is 0 Å². The van der Waals surface area contributed by atoms with E-state index in [1.165, 1.54) is 6.42 Å². The van der Waals surface area contributed by atoms with Crippen LogP contribution in [0, 0.1) is 5.92 Å². The molecule has 1 aromatic heterocycles. The molecule has 0 bridgehead atoms. The van der Waals surface area contributed by atoms with Crippen LogP contribution in [0.1, 0.15) is 38.4 Å². The maximum absolute atomic E-state index is 6.28. The largest absolute Gasteiger partial charge is 0.318 e. The molecule has 0 saturated heterocycles. The first-order valence-electron chi connectivity index (χ1n) is 4.76.